The average Bonchev–Trinajstić information content (AvgIpc) is 3.00. The molecule has 0 spiro atoms. The molecule has 44 heavy (non-hydrogen) atoms. The maximum absolute atomic E-state index is 13.8. The highest BCUT2D eigenvalue weighted by Crippen LogP contribution is 2.14. The number of pyridine rings is 1. The number of carbonyl (C=O) groups is 3. The summed E-state index contributed by atoms with van der Waals surface area (Å²) >= 11 is 0. The molecule has 244 valence electrons. The maximum atomic E-state index is 13.8. The molecule has 0 radical (unpaired) electrons. The molecule has 1 unspecified atom stereocenters. The molecule has 0 bridgehead atoms. The molecule has 12 nitrogen and oxygen atoms in total. The summed E-state index contributed by atoms with van der Waals surface area (Å²) in [4.78, 5) is 43.8. The van der Waals surface area contributed by atoms with Crippen LogP contribution >= 0.6 is 0 Å². The van der Waals surface area contributed by atoms with Gasteiger partial charge in [0.2, 0.25) is 5.91 Å². The highest BCUT2D eigenvalue weighted by atomic mass is 32.2. The Labute approximate surface area is 260 Å². The number of hydrogen-bond acceptors (Lipinski definition) is 9. The van der Waals surface area contributed by atoms with Crippen molar-refractivity contribution in [3.8, 4) is 0 Å². The summed E-state index contributed by atoms with van der Waals surface area (Å²) < 4.78 is 36.6. The van der Waals surface area contributed by atoms with Gasteiger partial charge in [-0.25, -0.2) is 8.42 Å². The van der Waals surface area contributed by atoms with Gasteiger partial charge >= 0.3 is 0 Å². The largest absolute Gasteiger partial charge is 0.388 e. The molecule has 0 aliphatic carbocycles. The Morgan fingerprint density at radius 2 is 1.73 bits per heavy atom. The van der Waals surface area contributed by atoms with E-state index in [1.807, 2.05) is 26.8 Å². The zero-order chi connectivity index (χ0) is 32.5. The summed E-state index contributed by atoms with van der Waals surface area (Å²) in [5, 5.41) is 19.5. The van der Waals surface area contributed by atoms with E-state index < -0.39 is 57.6 Å². The van der Waals surface area contributed by atoms with Gasteiger partial charge in [-0.15, -0.1) is 0 Å². The summed E-state index contributed by atoms with van der Waals surface area (Å²) in [5.41, 5.74) is 0.882. The SMILES string of the molecule is CCCCS(=O)(=O)CC(NC(=O)c1cccnc1)C(=O)N[C@@H](Cc1ccccc1)[C@@H](O)[C@@H](OCCOC)C(=O)NCC(C)C. The zero-order valence-corrected chi connectivity index (χ0v) is 26.7. The van der Waals surface area contributed by atoms with Crippen molar-refractivity contribution in [2.75, 3.05) is 38.4 Å². The Balaban J connectivity index is 2.41. The molecule has 0 saturated heterocycles. The minimum Gasteiger partial charge on any atom is -0.388 e. The van der Waals surface area contributed by atoms with E-state index in [2.05, 4.69) is 20.9 Å². The first kappa shape index (κ1) is 36.8. The molecule has 4 atom stereocenters. The minimum absolute atomic E-state index is 0.00120. The standard InChI is InChI=1S/C31H46N4O8S/c1-5-6-17-44(40,41)21-26(35-29(37)24-13-10-14-32-20-24)30(38)34-25(18-23-11-8-7-9-12-23)27(36)28(43-16-15-42-4)31(39)33-19-22(2)3/h7-14,20,22,25-28,36H,5-6,15-19,21H2,1-4H3,(H,33,39)(H,34,38)(H,35,37)/t25-,26?,27+,28+/m0/s1. The molecular weight excluding hydrogens is 588 g/mol. The average molecular weight is 635 g/mol. The van der Waals surface area contributed by atoms with Gasteiger partial charge in [0, 0.05) is 26.0 Å². The van der Waals surface area contributed by atoms with Crippen LogP contribution in [0.4, 0.5) is 0 Å². The third kappa shape index (κ3) is 13.1. The van der Waals surface area contributed by atoms with Crippen LogP contribution in [0, 0.1) is 5.92 Å². The van der Waals surface area contributed by atoms with Gasteiger partial charge in [-0.3, -0.25) is 19.4 Å². The molecule has 1 aromatic heterocycles. The van der Waals surface area contributed by atoms with Crippen molar-refractivity contribution >= 4 is 27.6 Å². The van der Waals surface area contributed by atoms with Crippen molar-refractivity contribution in [1.29, 1.82) is 0 Å². The number of nitrogens with zero attached hydrogens (tertiary/aromatic N) is 1. The number of nitrogens with one attached hydrogen (secondary N) is 3. The topological polar surface area (TPSA) is 173 Å². The fourth-order valence-electron chi connectivity index (χ4n) is 4.24. The first-order chi connectivity index (χ1) is 21.0. The van der Waals surface area contributed by atoms with E-state index in [1.54, 1.807) is 30.3 Å². The van der Waals surface area contributed by atoms with Gasteiger partial charge in [0.25, 0.3) is 11.8 Å². The van der Waals surface area contributed by atoms with E-state index in [-0.39, 0.29) is 36.9 Å². The molecule has 0 aliphatic rings. The first-order valence-corrected chi connectivity index (χ1v) is 16.6. The number of methoxy groups -OCH3 is 1. The zero-order valence-electron chi connectivity index (χ0n) is 25.9. The molecule has 0 saturated carbocycles. The monoisotopic (exact) mass is 634 g/mol. The second-order valence-corrected chi connectivity index (χ2v) is 13.2. The Morgan fingerprint density at radius 3 is 2.34 bits per heavy atom. The highest BCUT2D eigenvalue weighted by Gasteiger charge is 2.37. The van der Waals surface area contributed by atoms with Gasteiger partial charge in [0.1, 0.15) is 12.1 Å². The smallest absolute Gasteiger partial charge is 0.253 e. The van der Waals surface area contributed by atoms with Crippen LogP contribution in [0.25, 0.3) is 0 Å². The summed E-state index contributed by atoms with van der Waals surface area (Å²) in [5.74, 6) is -2.76. The summed E-state index contributed by atoms with van der Waals surface area (Å²) in [6.07, 6.45) is 0.968. The lowest BCUT2D eigenvalue weighted by molar-refractivity contribution is -0.145. The van der Waals surface area contributed by atoms with Gasteiger partial charge in [-0.05, 0) is 36.5 Å². The van der Waals surface area contributed by atoms with Crippen LogP contribution in [-0.2, 0) is 35.3 Å². The quantitative estimate of drug-likeness (QED) is 0.157. The van der Waals surface area contributed by atoms with Crippen molar-refractivity contribution in [3.63, 3.8) is 0 Å². The molecule has 2 rings (SSSR count). The van der Waals surface area contributed by atoms with Gasteiger partial charge in [0.15, 0.2) is 15.9 Å². The lowest BCUT2D eigenvalue weighted by Gasteiger charge is -2.31. The van der Waals surface area contributed by atoms with Crippen molar-refractivity contribution in [2.24, 2.45) is 5.92 Å². The Kier molecular flexibility index (Phi) is 16.0. The second kappa shape index (κ2) is 19.1. The van der Waals surface area contributed by atoms with E-state index >= 15 is 0 Å². The number of aromatic nitrogens is 1. The van der Waals surface area contributed by atoms with E-state index in [4.69, 9.17) is 9.47 Å². The summed E-state index contributed by atoms with van der Waals surface area (Å²) in [7, 11) is -2.27. The molecule has 0 fully saturated rings. The first-order valence-electron chi connectivity index (χ1n) is 14.8. The number of hydrogen-bond donors (Lipinski definition) is 4. The lowest BCUT2D eigenvalue weighted by atomic mass is 9.96. The van der Waals surface area contributed by atoms with Gasteiger partial charge < -0.3 is 30.5 Å². The number of aliphatic hydroxyl groups excluding tert-OH is 1. The minimum atomic E-state index is -3.75. The molecule has 1 heterocycles. The van der Waals surface area contributed by atoms with Crippen LogP contribution in [0.1, 0.15) is 49.5 Å². The molecular formula is C31H46N4O8S. The van der Waals surface area contributed by atoms with Crippen LogP contribution < -0.4 is 16.0 Å². The second-order valence-electron chi connectivity index (χ2n) is 11.0. The van der Waals surface area contributed by atoms with E-state index in [0.29, 0.717) is 19.4 Å². The number of amides is 3. The van der Waals surface area contributed by atoms with Gasteiger partial charge in [-0.1, -0.05) is 57.5 Å². The van der Waals surface area contributed by atoms with Crippen LogP contribution in [0.15, 0.2) is 54.9 Å². The number of rotatable bonds is 20. The van der Waals surface area contributed by atoms with Gasteiger partial charge in [-0.2, -0.15) is 0 Å². The van der Waals surface area contributed by atoms with Crippen molar-refractivity contribution in [3.05, 3.63) is 66.0 Å². The maximum Gasteiger partial charge on any atom is 0.253 e. The van der Waals surface area contributed by atoms with Crippen LogP contribution in [0.2, 0.25) is 0 Å². The number of carbonyl (C=O) groups excluding carboxylic acids is 3. The molecule has 0 aliphatic heterocycles. The Morgan fingerprint density at radius 1 is 1.00 bits per heavy atom. The number of unbranched alkanes of at least 4 members (excludes halogenated alkanes) is 1. The third-order valence-corrected chi connectivity index (χ3v) is 8.40. The third-order valence-electron chi connectivity index (χ3n) is 6.65. The number of benzene rings is 1. The molecule has 4 N–H and O–H groups in total. The van der Waals surface area contributed by atoms with Crippen molar-refractivity contribution in [2.45, 2.75) is 64.3 Å². The summed E-state index contributed by atoms with van der Waals surface area (Å²) in [6.45, 7) is 6.19. The normalized spacial score (nSPS) is 14.3. The fraction of sp³-hybridized carbons (Fsp3) is 0.548. The van der Waals surface area contributed by atoms with E-state index in [0.717, 1.165) is 5.56 Å². The van der Waals surface area contributed by atoms with Crippen molar-refractivity contribution < 1.29 is 37.4 Å². The Bertz CT molecular complexity index is 1260. The Hall–Kier alpha value is -3.39. The summed E-state index contributed by atoms with van der Waals surface area (Å²) in [6, 6.07) is 9.43. The van der Waals surface area contributed by atoms with E-state index in [1.165, 1.54) is 25.6 Å². The molecule has 1 aromatic carbocycles. The van der Waals surface area contributed by atoms with Crippen LogP contribution in [-0.4, -0.2) is 98.9 Å². The van der Waals surface area contributed by atoms with Crippen LogP contribution in [0.5, 0.6) is 0 Å². The predicted octanol–water partition coefficient (Wildman–Crippen LogP) is 1.29. The fourth-order valence-corrected chi connectivity index (χ4v) is 5.87. The predicted molar refractivity (Wildman–Crippen MR) is 167 cm³/mol. The highest BCUT2D eigenvalue weighted by molar-refractivity contribution is 7.91. The van der Waals surface area contributed by atoms with Crippen LogP contribution in [0.3, 0.4) is 0 Å². The van der Waals surface area contributed by atoms with Crippen molar-refractivity contribution in [1.82, 2.24) is 20.9 Å². The number of sulfone groups is 1. The molecule has 3 amide bonds. The van der Waals surface area contributed by atoms with Gasteiger partial charge in [0.05, 0.1) is 36.3 Å². The lowest BCUT2D eigenvalue weighted by Crippen LogP contribution is -2.59. The number of aliphatic hydroxyl groups is 1. The van der Waals surface area contributed by atoms with E-state index in [9.17, 15) is 27.9 Å². The molecule has 13 heteroatoms. The number of ether oxygens (including phenoxy) is 2. The molecule has 2 aromatic rings.